The zero-order chi connectivity index (χ0) is 23.8. The first kappa shape index (κ1) is 23.6. The second-order valence-electron chi connectivity index (χ2n) is 7.88. The minimum absolute atomic E-state index is 0.105. The Hall–Kier alpha value is -3.56. The first-order chi connectivity index (χ1) is 16.6. The highest BCUT2D eigenvalue weighted by Gasteiger charge is 2.47. The molecule has 9 heteroatoms. The molecule has 0 spiro atoms. The van der Waals surface area contributed by atoms with Gasteiger partial charge in [-0.2, -0.15) is 0 Å². The summed E-state index contributed by atoms with van der Waals surface area (Å²) in [5.74, 6) is 0.737. The molecule has 4 atom stereocenters. The van der Waals surface area contributed by atoms with Crippen LogP contribution in [0.2, 0.25) is 0 Å². The number of methoxy groups -OCH3 is 1. The zero-order valence-electron chi connectivity index (χ0n) is 18.8. The monoisotopic (exact) mass is 468 g/mol. The number of nitrogens with one attached hydrogen (secondary N) is 2. The van der Waals surface area contributed by atoms with Gasteiger partial charge in [-0.3, -0.25) is 0 Å². The Kier molecular flexibility index (Phi) is 8.00. The van der Waals surface area contributed by atoms with E-state index in [-0.39, 0.29) is 19.3 Å². The fourth-order valence-electron chi connectivity index (χ4n) is 3.80. The molecule has 2 N–H and O–H groups in total. The Balaban J connectivity index is 1.29. The molecule has 2 heterocycles. The molecule has 34 heavy (non-hydrogen) atoms. The molecule has 0 saturated carbocycles. The van der Waals surface area contributed by atoms with Gasteiger partial charge in [0.05, 0.1) is 20.3 Å². The van der Waals surface area contributed by atoms with Gasteiger partial charge in [-0.05, 0) is 23.3 Å². The van der Waals surface area contributed by atoms with Crippen LogP contribution >= 0.6 is 0 Å². The molecular weight excluding hydrogens is 440 g/mol. The molecule has 1 fully saturated rings. The summed E-state index contributed by atoms with van der Waals surface area (Å²) in [4.78, 5) is 24.7. The van der Waals surface area contributed by atoms with E-state index in [0.29, 0.717) is 13.2 Å². The van der Waals surface area contributed by atoms with E-state index in [2.05, 4.69) is 10.6 Å². The molecule has 4 rings (SSSR count). The lowest BCUT2D eigenvalue weighted by Gasteiger charge is -2.25. The molecule has 2 aliphatic rings. The van der Waals surface area contributed by atoms with Crippen molar-refractivity contribution in [3.63, 3.8) is 0 Å². The molecule has 2 amide bonds. The summed E-state index contributed by atoms with van der Waals surface area (Å²) in [5.41, 5.74) is 1.78. The maximum atomic E-state index is 12.5. The van der Waals surface area contributed by atoms with E-state index < -0.39 is 30.5 Å². The van der Waals surface area contributed by atoms with Gasteiger partial charge in [-0.15, -0.1) is 0 Å². The number of amides is 2. The number of hydrogen-bond acceptors (Lipinski definition) is 7. The van der Waals surface area contributed by atoms with Crippen molar-refractivity contribution < 1.29 is 33.3 Å². The van der Waals surface area contributed by atoms with E-state index in [0.717, 1.165) is 16.9 Å². The topological polar surface area (TPSA) is 104 Å². The van der Waals surface area contributed by atoms with Crippen LogP contribution in [0.4, 0.5) is 9.59 Å². The molecule has 1 saturated heterocycles. The van der Waals surface area contributed by atoms with E-state index in [1.165, 1.54) is 0 Å². The second-order valence-corrected chi connectivity index (χ2v) is 7.88. The predicted molar refractivity (Wildman–Crippen MR) is 122 cm³/mol. The fourth-order valence-corrected chi connectivity index (χ4v) is 3.80. The van der Waals surface area contributed by atoms with Gasteiger partial charge in [0.25, 0.3) is 0 Å². The fraction of sp³-hybridized carbons (Fsp3) is 0.360. The first-order valence-corrected chi connectivity index (χ1v) is 11.1. The van der Waals surface area contributed by atoms with E-state index in [4.69, 9.17) is 23.7 Å². The van der Waals surface area contributed by atoms with E-state index in [1.54, 1.807) is 7.11 Å². The maximum Gasteiger partial charge on any atom is 0.407 e. The number of hydrogen-bond donors (Lipinski definition) is 2. The number of alkyl carbamates (subject to hydrolysis) is 2. The van der Waals surface area contributed by atoms with Crippen LogP contribution in [0.25, 0.3) is 0 Å². The highest BCUT2D eigenvalue weighted by molar-refractivity contribution is 5.68. The summed E-state index contributed by atoms with van der Waals surface area (Å²) in [7, 11) is 1.60. The van der Waals surface area contributed by atoms with Crippen molar-refractivity contribution in [1.29, 1.82) is 0 Å². The van der Waals surface area contributed by atoms with Gasteiger partial charge in [0.2, 0.25) is 0 Å². The maximum absolute atomic E-state index is 12.5. The molecule has 0 radical (unpaired) electrons. The molecule has 2 aromatic rings. The molecule has 9 nitrogen and oxygen atoms in total. The third-order valence-electron chi connectivity index (χ3n) is 5.56. The Labute approximate surface area is 198 Å². The molecular formula is C25H28N2O7. The summed E-state index contributed by atoms with van der Waals surface area (Å²) in [6.07, 6.45) is 0.457. The van der Waals surface area contributed by atoms with E-state index in [1.807, 2.05) is 66.7 Å². The number of carbonyl (C=O) groups is 2. The molecule has 0 unspecified atom stereocenters. The number of rotatable bonds is 8. The molecule has 0 bridgehead atoms. The van der Waals surface area contributed by atoms with Crippen molar-refractivity contribution in [2.24, 2.45) is 0 Å². The minimum atomic E-state index is -0.694. The lowest BCUT2D eigenvalue weighted by atomic mass is 10.1. The zero-order valence-corrected chi connectivity index (χ0v) is 18.8. The third kappa shape index (κ3) is 6.27. The minimum Gasteiger partial charge on any atom is -0.497 e. The lowest BCUT2D eigenvalue weighted by molar-refractivity contribution is -0.0281. The van der Waals surface area contributed by atoms with Crippen LogP contribution in [0, 0.1) is 0 Å². The van der Waals surface area contributed by atoms with Crippen LogP contribution in [0.1, 0.15) is 11.1 Å². The van der Waals surface area contributed by atoms with Gasteiger partial charge in [0, 0.05) is 6.54 Å². The number of benzene rings is 2. The summed E-state index contributed by atoms with van der Waals surface area (Å²) in [5, 5.41) is 5.43. The summed E-state index contributed by atoms with van der Waals surface area (Å²) in [6, 6.07) is 16.7. The van der Waals surface area contributed by atoms with Crippen molar-refractivity contribution in [2.45, 2.75) is 37.6 Å². The van der Waals surface area contributed by atoms with Crippen LogP contribution in [0.15, 0.2) is 66.7 Å². The number of fused-ring (bicyclic) bond motifs is 1. The Morgan fingerprint density at radius 2 is 1.79 bits per heavy atom. The predicted octanol–water partition coefficient (Wildman–Crippen LogP) is 2.94. The molecule has 2 aliphatic heterocycles. The van der Waals surface area contributed by atoms with Gasteiger partial charge in [-0.25, -0.2) is 9.59 Å². The molecule has 0 aliphatic carbocycles. The Bertz CT molecular complexity index is 981. The van der Waals surface area contributed by atoms with Crippen LogP contribution in [-0.2, 0) is 32.1 Å². The lowest BCUT2D eigenvalue weighted by Crippen LogP contribution is -2.45. The molecule has 180 valence electrons. The van der Waals surface area contributed by atoms with E-state index in [9.17, 15) is 9.59 Å². The van der Waals surface area contributed by atoms with Crippen molar-refractivity contribution >= 4 is 12.2 Å². The number of ether oxygens (including phenoxy) is 5. The van der Waals surface area contributed by atoms with Crippen LogP contribution in [0.3, 0.4) is 0 Å². The normalized spacial score (nSPS) is 23.0. The highest BCUT2D eigenvalue weighted by Crippen LogP contribution is 2.29. The van der Waals surface area contributed by atoms with Gasteiger partial charge in [-0.1, -0.05) is 54.6 Å². The van der Waals surface area contributed by atoms with Crippen LogP contribution in [-0.4, -0.2) is 56.9 Å². The quantitative estimate of drug-likeness (QED) is 0.574. The number of carbonyl (C=O) groups excluding carboxylic acids is 2. The van der Waals surface area contributed by atoms with Gasteiger partial charge in [0.1, 0.15) is 30.7 Å². The molecule has 0 aromatic heterocycles. The summed E-state index contributed by atoms with van der Waals surface area (Å²) < 4.78 is 27.8. The Morgan fingerprint density at radius 3 is 2.56 bits per heavy atom. The van der Waals surface area contributed by atoms with Gasteiger partial charge >= 0.3 is 12.2 Å². The SMILES string of the molecule is COc1ccc(CNC(=O)O[C@H]2[C@@H]3OCC=C[C@@H]3O[C@@H]2CNC(=O)OCc2ccccc2)cc1. The summed E-state index contributed by atoms with van der Waals surface area (Å²) >= 11 is 0. The second kappa shape index (κ2) is 11.5. The average Bonchev–Trinajstić information content (AvgIpc) is 3.23. The highest BCUT2D eigenvalue weighted by atomic mass is 16.6. The smallest absolute Gasteiger partial charge is 0.407 e. The largest absolute Gasteiger partial charge is 0.497 e. The van der Waals surface area contributed by atoms with Crippen LogP contribution in [0.5, 0.6) is 5.75 Å². The van der Waals surface area contributed by atoms with Crippen molar-refractivity contribution in [1.82, 2.24) is 10.6 Å². The first-order valence-electron chi connectivity index (χ1n) is 11.1. The third-order valence-corrected chi connectivity index (χ3v) is 5.56. The van der Waals surface area contributed by atoms with E-state index >= 15 is 0 Å². The Morgan fingerprint density at radius 1 is 1.00 bits per heavy atom. The standard InChI is InChI=1S/C25H28N2O7/c1-30-19-11-9-17(10-12-19)14-26-25(29)34-23-21(33-20-8-5-13-31-22(20)23)15-27-24(28)32-16-18-6-3-2-4-7-18/h2-12,20-23H,13-16H2,1H3,(H,26,29)(H,27,28)/t20-,21+,22+,23+/m0/s1. The summed E-state index contributed by atoms with van der Waals surface area (Å²) in [6.45, 7) is 0.953. The van der Waals surface area contributed by atoms with Gasteiger partial charge < -0.3 is 34.3 Å². The average molecular weight is 469 g/mol. The van der Waals surface area contributed by atoms with Crippen molar-refractivity contribution in [2.75, 3.05) is 20.3 Å². The van der Waals surface area contributed by atoms with Gasteiger partial charge in [0.15, 0.2) is 6.10 Å². The molecule has 2 aromatic carbocycles. The van der Waals surface area contributed by atoms with Crippen molar-refractivity contribution in [3.05, 3.63) is 77.9 Å². The van der Waals surface area contributed by atoms with Crippen molar-refractivity contribution in [3.8, 4) is 5.75 Å². The van der Waals surface area contributed by atoms with Crippen LogP contribution < -0.4 is 15.4 Å².